The van der Waals surface area contributed by atoms with E-state index in [4.69, 9.17) is 0 Å². The van der Waals surface area contributed by atoms with Gasteiger partial charge in [0.25, 0.3) is 0 Å². The second-order valence-electron chi connectivity index (χ2n) is 5.86. The third-order valence-corrected chi connectivity index (χ3v) is 3.36. The first-order valence-electron chi connectivity index (χ1n) is 8.11. The summed E-state index contributed by atoms with van der Waals surface area (Å²) in [6.45, 7) is 8.40. The SMILES string of the molecule is CCCNc1nc(NCCC(C)C)cc(-c2ccccc2)n1. The van der Waals surface area contributed by atoms with Gasteiger partial charge in [0.05, 0.1) is 5.69 Å². The molecule has 2 aromatic rings. The predicted molar refractivity (Wildman–Crippen MR) is 94.2 cm³/mol. The van der Waals surface area contributed by atoms with Crippen LogP contribution in [0.3, 0.4) is 0 Å². The van der Waals surface area contributed by atoms with Crippen LogP contribution in [0.2, 0.25) is 0 Å². The molecule has 0 atom stereocenters. The summed E-state index contributed by atoms with van der Waals surface area (Å²) in [6.07, 6.45) is 2.18. The van der Waals surface area contributed by atoms with Crippen molar-refractivity contribution in [3.8, 4) is 11.3 Å². The molecule has 4 nitrogen and oxygen atoms in total. The molecule has 2 N–H and O–H groups in total. The van der Waals surface area contributed by atoms with E-state index in [1.807, 2.05) is 24.3 Å². The second kappa shape index (κ2) is 8.37. The fourth-order valence-electron chi connectivity index (χ4n) is 2.10. The highest BCUT2D eigenvalue weighted by molar-refractivity contribution is 5.64. The molecule has 118 valence electrons. The first kappa shape index (κ1) is 16.3. The first-order chi connectivity index (χ1) is 10.7. The van der Waals surface area contributed by atoms with Crippen LogP contribution in [0, 0.1) is 5.92 Å². The van der Waals surface area contributed by atoms with E-state index in [9.17, 15) is 0 Å². The zero-order valence-corrected chi connectivity index (χ0v) is 13.8. The lowest BCUT2D eigenvalue weighted by Gasteiger charge is -2.12. The molecule has 1 heterocycles. The predicted octanol–water partition coefficient (Wildman–Crippen LogP) is 4.42. The van der Waals surface area contributed by atoms with Crippen LogP contribution in [0.15, 0.2) is 36.4 Å². The van der Waals surface area contributed by atoms with Crippen LogP contribution in [0.5, 0.6) is 0 Å². The van der Waals surface area contributed by atoms with E-state index < -0.39 is 0 Å². The Hall–Kier alpha value is -2.10. The molecule has 0 amide bonds. The Morgan fingerprint density at radius 3 is 2.45 bits per heavy atom. The Kier molecular flexibility index (Phi) is 6.19. The zero-order valence-electron chi connectivity index (χ0n) is 13.8. The molecule has 0 saturated carbocycles. The molecule has 2 rings (SSSR count). The summed E-state index contributed by atoms with van der Waals surface area (Å²) < 4.78 is 0. The number of hydrogen-bond donors (Lipinski definition) is 2. The molecule has 0 fully saturated rings. The lowest BCUT2D eigenvalue weighted by molar-refractivity contribution is 0.606. The maximum Gasteiger partial charge on any atom is 0.225 e. The Labute approximate surface area is 133 Å². The summed E-state index contributed by atoms with van der Waals surface area (Å²) in [5, 5.41) is 6.69. The maximum atomic E-state index is 4.62. The van der Waals surface area contributed by atoms with E-state index in [2.05, 4.69) is 53.5 Å². The molecule has 0 bridgehead atoms. The van der Waals surface area contributed by atoms with Gasteiger partial charge in [-0.15, -0.1) is 0 Å². The van der Waals surface area contributed by atoms with E-state index in [1.165, 1.54) is 0 Å². The van der Waals surface area contributed by atoms with Crippen molar-refractivity contribution in [1.29, 1.82) is 0 Å². The molecule has 0 spiro atoms. The number of nitrogens with one attached hydrogen (secondary N) is 2. The Morgan fingerprint density at radius 2 is 1.77 bits per heavy atom. The van der Waals surface area contributed by atoms with E-state index in [0.29, 0.717) is 11.9 Å². The summed E-state index contributed by atoms with van der Waals surface area (Å²) >= 11 is 0. The fraction of sp³-hybridized carbons (Fsp3) is 0.444. The minimum absolute atomic E-state index is 0.681. The quantitative estimate of drug-likeness (QED) is 0.757. The molecule has 0 aliphatic carbocycles. The van der Waals surface area contributed by atoms with Crippen LogP contribution in [0.1, 0.15) is 33.6 Å². The molecule has 0 radical (unpaired) electrons. The van der Waals surface area contributed by atoms with Crippen molar-refractivity contribution in [2.45, 2.75) is 33.6 Å². The molecule has 1 aromatic carbocycles. The van der Waals surface area contributed by atoms with Crippen molar-refractivity contribution >= 4 is 11.8 Å². The molecule has 4 heteroatoms. The zero-order chi connectivity index (χ0) is 15.8. The van der Waals surface area contributed by atoms with Gasteiger partial charge in [-0.05, 0) is 18.8 Å². The summed E-state index contributed by atoms with van der Waals surface area (Å²) in [6, 6.07) is 12.2. The standard InChI is InChI=1S/C18H26N4/c1-4-11-20-18-21-16(15-8-6-5-7-9-15)13-17(22-18)19-12-10-14(2)3/h5-9,13-14H,4,10-12H2,1-3H3,(H2,19,20,21,22). The minimum atomic E-state index is 0.681. The minimum Gasteiger partial charge on any atom is -0.370 e. The van der Waals surface area contributed by atoms with E-state index >= 15 is 0 Å². The van der Waals surface area contributed by atoms with E-state index in [1.54, 1.807) is 0 Å². The van der Waals surface area contributed by atoms with Crippen molar-refractivity contribution in [2.24, 2.45) is 5.92 Å². The number of rotatable bonds is 8. The number of aromatic nitrogens is 2. The lowest BCUT2D eigenvalue weighted by atomic mass is 10.1. The molecule has 22 heavy (non-hydrogen) atoms. The van der Waals surface area contributed by atoms with Crippen molar-refractivity contribution in [3.63, 3.8) is 0 Å². The number of benzene rings is 1. The highest BCUT2D eigenvalue weighted by atomic mass is 15.1. The van der Waals surface area contributed by atoms with Gasteiger partial charge in [-0.25, -0.2) is 4.98 Å². The molecular weight excluding hydrogens is 272 g/mol. The van der Waals surface area contributed by atoms with Gasteiger partial charge in [0.15, 0.2) is 0 Å². The smallest absolute Gasteiger partial charge is 0.225 e. The first-order valence-corrected chi connectivity index (χ1v) is 8.11. The summed E-state index contributed by atoms with van der Waals surface area (Å²) in [5.74, 6) is 2.25. The molecule has 0 unspecified atom stereocenters. The van der Waals surface area contributed by atoms with Crippen LogP contribution in [0.4, 0.5) is 11.8 Å². The molecule has 1 aromatic heterocycles. The molecule has 0 aliphatic rings. The largest absolute Gasteiger partial charge is 0.370 e. The third-order valence-electron chi connectivity index (χ3n) is 3.36. The average Bonchev–Trinajstić information content (AvgIpc) is 2.53. The summed E-state index contributed by atoms with van der Waals surface area (Å²) in [7, 11) is 0. The van der Waals surface area contributed by atoms with Crippen LogP contribution < -0.4 is 10.6 Å². The van der Waals surface area contributed by atoms with Crippen LogP contribution in [-0.2, 0) is 0 Å². The summed E-state index contributed by atoms with van der Waals surface area (Å²) in [5.41, 5.74) is 2.05. The number of nitrogens with zero attached hydrogens (tertiary/aromatic N) is 2. The van der Waals surface area contributed by atoms with E-state index in [-0.39, 0.29) is 0 Å². The van der Waals surface area contributed by atoms with Crippen molar-refractivity contribution in [3.05, 3.63) is 36.4 Å². The molecular formula is C18H26N4. The van der Waals surface area contributed by atoms with Gasteiger partial charge in [-0.1, -0.05) is 51.1 Å². The summed E-state index contributed by atoms with van der Waals surface area (Å²) in [4.78, 5) is 9.18. The number of anilines is 2. The number of hydrogen-bond acceptors (Lipinski definition) is 4. The van der Waals surface area contributed by atoms with Crippen molar-refractivity contribution < 1.29 is 0 Å². The van der Waals surface area contributed by atoms with Crippen molar-refractivity contribution in [2.75, 3.05) is 23.7 Å². The molecule has 0 saturated heterocycles. The average molecular weight is 298 g/mol. The van der Waals surface area contributed by atoms with Gasteiger partial charge in [0, 0.05) is 24.7 Å². The Morgan fingerprint density at radius 1 is 1.00 bits per heavy atom. The van der Waals surface area contributed by atoms with Crippen LogP contribution in [-0.4, -0.2) is 23.1 Å². The van der Waals surface area contributed by atoms with E-state index in [0.717, 1.165) is 43.0 Å². The Balaban J connectivity index is 2.20. The van der Waals surface area contributed by atoms with Gasteiger partial charge in [-0.2, -0.15) is 4.98 Å². The topological polar surface area (TPSA) is 49.8 Å². The van der Waals surface area contributed by atoms with Crippen LogP contribution in [0.25, 0.3) is 11.3 Å². The fourth-order valence-corrected chi connectivity index (χ4v) is 2.10. The lowest BCUT2D eigenvalue weighted by Crippen LogP contribution is -2.10. The van der Waals surface area contributed by atoms with Gasteiger partial charge in [0.1, 0.15) is 5.82 Å². The maximum absolute atomic E-state index is 4.62. The third kappa shape index (κ3) is 5.02. The monoisotopic (exact) mass is 298 g/mol. The Bertz CT molecular complexity index is 567. The van der Waals surface area contributed by atoms with Crippen LogP contribution >= 0.6 is 0 Å². The molecule has 0 aliphatic heterocycles. The van der Waals surface area contributed by atoms with Gasteiger partial charge < -0.3 is 10.6 Å². The van der Waals surface area contributed by atoms with Gasteiger partial charge in [-0.3, -0.25) is 0 Å². The highest BCUT2D eigenvalue weighted by Gasteiger charge is 2.06. The van der Waals surface area contributed by atoms with Gasteiger partial charge >= 0.3 is 0 Å². The second-order valence-corrected chi connectivity index (χ2v) is 5.86. The normalized spacial score (nSPS) is 10.7. The van der Waals surface area contributed by atoms with Crippen molar-refractivity contribution in [1.82, 2.24) is 9.97 Å². The van der Waals surface area contributed by atoms with Gasteiger partial charge in [0.2, 0.25) is 5.95 Å². The highest BCUT2D eigenvalue weighted by Crippen LogP contribution is 2.21.